The molecule has 1 heterocycles. The highest BCUT2D eigenvalue weighted by atomic mass is 35.5. The van der Waals surface area contributed by atoms with Crippen molar-refractivity contribution >= 4 is 29.3 Å². The van der Waals surface area contributed by atoms with Crippen molar-refractivity contribution in [2.24, 2.45) is 11.7 Å². The van der Waals surface area contributed by atoms with Crippen molar-refractivity contribution in [2.45, 2.75) is 39.7 Å². The van der Waals surface area contributed by atoms with E-state index < -0.39 is 5.54 Å². The molecule has 122 valence electrons. The number of hydrogen-bond acceptors (Lipinski definition) is 3. The Morgan fingerprint density at radius 2 is 2.05 bits per heavy atom. The number of hydrogen-bond donors (Lipinski definition) is 2. The van der Waals surface area contributed by atoms with Gasteiger partial charge in [-0.05, 0) is 44.4 Å². The summed E-state index contributed by atoms with van der Waals surface area (Å²) < 4.78 is 5.63. The second kappa shape index (κ2) is 7.16. The van der Waals surface area contributed by atoms with Gasteiger partial charge in [0.05, 0.1) is 5.54 Å². The summed E-state index contributed by atoms with van der Waals surface area (Å²) in [4.78, 5) is 12.4. The third kappa shape index (κ3) is 4.24. The van der Waals surface area contributed by atoms with Crippen LogP contribution in [0.25, 0.3) is 11.0 Å². The van der Waals surface area contributed by atoms with Crippen molar-refractivity contribution in [2.75, 3.05) is 6.54 Å². The fourth-order valence-electron chi connectivity index (χ4n) is 2.70. The maximum atomic E-state index is 12.4. The number of furan rings is 1. The molecule has 0 spiro atoms. The van der Waals surface area contributed by atoms with Gasteiger partial charge in [-0.2, -0.15) is 0 Å². The van der Waals surface area contributed by atoms with Crippen LogP contribution in [0.3, 0.4) is 0 Å². The Balaban J connectivity index is 0.00000242. The van der Waals surface area contributed by atoms with Gasteiger partial charge < -0.3 is 15.5 Å². The van der Waals surface area contributed by atoms with Gasteiger partial charge in [0.25, 0.3) is 5.91 Å². The number of halogens is 1. The van der Waals surface area contributed by atoms with Gasteiger partial charge in [0, 0.05) is 11.9 Å². The first-order valence-electron chi connectivity index (χ1n) is 7.36. The van der Waals surface area contributed by atoms with Crippen LogP contribution in [0.15, 0.2) is 28.7 Å². The fourth-order valence-corrected chi connectivity index (χ4v) is 2.70. The van der Waals surface area contributed by atoms with Crippen molar-refractivity contribution in [3.8, 4) is 0 Å². The third-order valence-corrected chi connectivity index (χ3v) is 3.62. The summed E-state index contributed by atoms with van der Waals surface area (Å²) in [5, 5.41) is 3.95. The fraction of sp³-hybridized carbons (Fsp3) is 0.471. The number of nitrogens with one attached hydrogen (secondary N) is 1. The molecule has 0 radical (unpaired) electrons. The summed E-state index contributed by atoms with van der Waals surface area (Å²) >= 11 is 0. The van der Waals surface area contributed by atoms with Gasteiger partial charge in [0.1, 0.15) is 5.58 Å². The molecule has 0 aliphatic heterocycles. The lowest BCUT2D eigenvalue weighted by molar-refractivity contribution is 0.0872. The van der Waals surface area contributed by atoms with E-state index in [1.165, 1.54) is 0 Å². The molecule has 0 fully saturated rings. The van der Waals surface area contributed by atoms with Gasteiger partial charge in [-0.25, -0.2) is 0 Å². The summed E-state index contributed by atoms with van der Waals surface area (Å²) in [6, 6.07) is 7.64. The van der Waals surface area contributed by atoms with Crippen LogP contribution in [0, 0.1) is 12.8 Å². The molecule has 0 aliphatic carbocycles. The van der Waals surface area contributed by atoms with Gasteiger partial charge in [-0.15, -0.1) is 12.4 Å². The summed E-state index contributed by atoms with van der Waals surface area (Å²) in [5.41, 5.74) is 7.28. The molecular formula is C17H25ClN2O2. The maximum Gasteiger partial charge on any atom is 0.287 e. The van der Waals surface area contributed by atoms with E-state index in [0.29, 0.717) is 18.2 Å². The molecule has 3 N–H and O–H groups in total. The average molecular weight is 325 g/mol. The summed E-state index contributed by atoms with van der Waals surface area (Å²) in [6.07, 6.45) is 0.828. The van der Waals surface area contributed by atoms with Crippen LogP contribution >= 0.6 is 12.4 Å². The zero-order valence-electron chi connectivity index (χ0n) is 13.6. The SMILES string of the molecule is Cc1ccc2oc(C(=O)NC(C)(CN)CC(C)C)cc2c1.Cl. The first kappa shape index (κ1) is 18.5. The number of aryl methyl sites for hydroxylation is 1. The van der Waals surface area contributed by atoms with Crippen molar-refractivity contribution in [1.29, 1.82) is 0 Å². The second-order valence-electron chi connectivity index (χ2n) is 6.47. The second-order valence-corrected chi connectivity index (χ2v) is 6.47. The highest BCUT2D eigenvalue weighted by Crippen LogP contribution is 2.22. The molecular weight excluding hydrogens is 300 g/mol. The van der Waals surface area contributed by atoms with E-state index in [1.807, 2.05) is 32.0 Å². The molecule has 2 rings (SSSR count). The van der Waals surface area contributed by atoms with Gasteiger partial charge >= 0.3 is 0 Å². The number of amides is 1. The summed E-state index contributed by atoms with van der Waals surface area (Å²) in [6.45, 7) is 8.61. The molecule has 4 nitrogen and oxygen atoms in total. The number of rotatable bonds is 5. The van der Waals surface area contributed by atoms with E-state index in [2.05, 4.69) is 19.2 Å². The topological polar surface area (TPSA) is 68.3 Å². The molecule has 5 heteroatoms. The Morgan fingerprint density at radius 3 is 2.64 bits per heavy atom. The lowest BCUT2D eigenvalue weighted by atomic mass is 9.90. The minimum absolute atomic E-state index is 0. The highest BCUT2D eigenvalue weighted by Gasteiger charge is 2.27. The summed E-state index contributed by atoms with van der Waals surface area (Å²) in [7, 11) is 0. The van der Waals surface area contributed by atoms with E-state index in [1.54, 1.807) is 6.07 Å². The van der Waals surface area contributed by atoms with Crippen LogP contribution in [0.1, 0.15) is 43.3 Å². The lowest BCUT2D eigenvalue weighted by Gasteiger charge is -2.30. The molecule has 22 heavy (non-hydrogen) atoms. The zero-order chi connectivity index (χ0) is 15.6. The van der Waals surface area contributed by atoms with Gasteiger partial charge in [-0.1, -0.05) is 25.5 Å². The zero-order valence-corrected chi connectivity index (χ0v) is 14.4. The Morgan fingerprint density at radius 1 is 1.36 bits per heavy atom. The van der Waals surface area contributed by atoms with Gasteiger partial charge in [0.15, 0.2) is 5.76 Å². The van der Waals surface area contributed by atoms with Crippen molar-refractivity contribution in [1.82, 2.24) is 5.32 Å². The van der Waals surface area contributed by atoms with Crippen LogP contribution in [-0.4, -0.2) is 18.0 Å². The largest absolute Gasteiger partial charge is 0.451 e. The molecule has 2 aromatic rings. The Hall–Kier alpha value is -1.52. The van der Waals surface area contributed by atoms with Crippen molar-refractivity contribution in [3.63, 3.8) is 0 Å². The minimum Gasteiger partial charge on any atom is -0.451 e. The monoisotopic (exact) mass is 324 g/mol. The highest BCUT2D eigenvalue weighted by molar-refractivity contribution is 5.96. The molecule has 1 aromatic carbocycles. The van der Waals surface area contributed by atoms with E-state index >= 15 is 0 Å². The molecule has 1 unspecified atom stereocenters. The molecule has 0 aliphatic rings. The number of carbonyl (C=O) groups is 1. The van der Waals surface area contributed by atoms with E-state index in [-0.39, 0.29) is 18.3 Å². The standard InChI is InChI=1S/C17H24N2O2.ClH/c1-11(2)9-17(4,10-18)19-16(20)15-8-13-7-12(3)5-6-14(13)21-15;/h5-8,11H,9-10,18H2,1-4H3,(H,19,20);1H. The van der Waals surface area contributed by atoms with E-state index in [4.69, 9.17) is 10.2 Å². The molecule has 0 saturated carbocycles. The first-order valence-corrected chi connectivity index (χ1v) is 7.36. The predicted octanol–water partition coefficient (Wildman–Crippen LogP) is 3.66. The van der Waals surface area contributed by atoms with E-state index in [0.717, 1.165) is 23.0 Å². The van der Waals surface area contributed by atoms with E-state index in [9.17, 15) is 4.79 Å². The maximum absolute atomic E-state index is 12.4. The van der Waals surface area contributed by atoms with Crippen LogP contribution in [0.4, 0.5) is 0 Å². The van der Waals surface area contributed by atoms with Gasteiger partial charge in [0.2, 0.25) is 0 Å². The number of nitrogens with two attached hydrogens (primary N) is 1. The Kier molecular flexibility index (Phi) is 6.03. The Labute approximate surface area is 137 Å². The number of fused-ring (bicyclic) bond motifs is 1. The number of carbonyl (C=O) groups excluding carboxylic acids is 1. The van der Waals surface area contributed by atoms with Crippen molar-refractivity contribution in [3.05, 3.63) is 35.6 Å². The average Bonchev–Trinajstić information content (AvgIpc) is 2.80. The molecule has 1 atom stereocenters. The third-order valence-electron chi connectivity index (χ3n) is 3.62. The smallest absolute Gasteiger partial charge is 0.287 e. The molecule has 0 saturated heterocycles. The molecule has 1 aromatic heterocycles. The molecule has 1 amide bonds. The number of benzene rings is 1. The Bertz CT molecular complexity index is 651. The minimum atomic E-state index is -0.417. The quantitative estimate of drug-likeness (QED) is 0.882. The molecule has 0 bridgehead atoms. The van der Waals surface area contributed by atoms with Crippen molar-refractivity contribution < 1.29 is 9.21 Å². The van der Waals surface area contributed by atoms with Crippen LogP contribution in [0.2, 0.25) is 0 Å². The van der Waals surface area contributed by atoms with Crippen LogP contribution < -0.4 is 11.1 Å². The van der Waals surface area contributed by atoms with Crippen LogP contribution in [-0.2, 0) is 0 Å². The van der Waals surface area contributed by atoms with Gasteiger partial charge in [-0.3, -0.25) is 4.79 Å². The first-order chi connectivity index (χ1) is 9.83. The summed E-state index contributed by atoms with van der Waals surface area (Å²) in [5.74, 6) is 0.577. The van der Waals surface area contributed by atoms with Crippen LogP contribution in [0.5, 0.6) is 0 Å². The predicted molar refractivity (Wildman–Crippen MR) is 92.6 cm³/mol. The lowest BCUT2D eigenvalue weighted by Crippen LogP contribution is -2.52. The normalized spacial score (nSPS) is 13.7.